The molecule has 0 aromatic heterocycles. The van der Waals surface area contributed by atoms with Crippen molar-refractivity contribution in [2.45, 2.75) is 40.2 Å². The molecule has 4 heteroatoms. The average Bonchev–Trinajstić information content (AvgIpc) is 2.45. The number of nitrogens with two attached hydrogens (primary N) is 1. The lowest BCUT2D eigenvalue weighted by molar-refractivity contribution is -0.137. The SMILES string of the molecule is Cc1ccc(C)c(-c2cc(C)c(F)c(C(N)CC(=O)O)c2C)c1. The molecule has 0 aliphatic carbocycles. The molecule has 0 aliphatic rings. The molecule has 0 saturated heterocycles. The first-order valence-electron chi connectivity index (χ1n) is 7.57. The predicted molar refractivity (Wildman–Crippen MR) is 90.0 cm³/mol. The zero-order chi connectivity index (χ0) is 17.3. The van der Waals surface area contributed by atoms with Gasteiger partial charge in [-0.25, -0.2) is 4.39 Å². The molecule has 0 heterocycles. The number of carboxylic acids is 1. The van der Waals surface area contributed by atoms with Crippen LogP contribution in [0, 0.1) is 33.5 Å². The number of rotatable bonds is 4. The number of benzene rings is 2. The molecule has 23 heavy (non-hydrogen) atoms. The highest BCUT2D eigenvalue weighted by Crippen LogP contribution is 2.35. The van der Waals surface area contributed by atoms with Gasteiger partial charge in [0.25, 0.3) is 0 Å². The van der Waals surface area contributed by atoms with Gasteiger partial charge in [0.1, 0.15) is 5.82 Å². The summed E-state index contributed by atoms with van der Waals surface area (Å²) in [6.45, 7) is 7.49. The van der Waals surface area contributed by atoms with Crippen LogP contribution in [0.1, 0.15) is 40.3 Å². The van der Waals surface area contributed by atoms with Crippen molar-refractivity contribution >= 4 is 5.97 Å². The minimum Gasteiger partial charge on any atom is -0.481 e. The number of aliphatic carboxylic acids is 1. The fraction of sp³-hybridized carbons (Fsp3) is 0.316. The Hall–Kier alpha value is -2.20. The van der Waals surface area contributed by atoms with Gasteiger partial charge in [0.15, 0.2) is 0 Å². The summed E-state index contributed by atoms with van der Waals surface area (Å²) >= 11 is 0. The highest BCUT2D eigenvalue weighted by Gasteiger charge is 2.22. The molecule has 3 N–H and O–H groups in total. The van der Waals surface area contributed by atoms with E-state index in [2.05, 4.69) is 6.07 Å². The highest BCUT2D eigenvalue weighted by molar-refractivity contribution is 5.74. The van der Waals surface area contributed by atoms with E-state index >= 15 is 0 Å². The van der Waals surface area contributed by atoms with Crippen molar-refractivity contribution in [1.29, 1.82) is 0 Å². The van der Waals surface area contributed by atoms with Crippen LogP contribution in [0.5, 0.6) is 0 Å². The van der Waals surface area contributed by atoms with Gasteiger partial charge in [0.05, 0.1) is 6.42 Å². The van der Waals surface area contributed by atoms with Crippen molar-refractivity contribution in [3.8, 4) is 11.1 Å². The fourth-order valence-corrected chi connectivity index (χ4v) is 2.95. The zero-order valence-electron chi connectivity index (χ0n) is 13.9. The van der Waals surface area contributed by atoms with E-state index in [4.69, 9.17) is 10.8 Å². The number of carbonyl (C=O) groups is 1. The van der Waals surface area contributed by atoms with E-state index in [0.29, 0.717) is 16.7 Å². The van der Waals surface area contributed by atoms with E-state index in [1.807, 2.05) is 32.0 Å². The molecule has 2 aromatic carbocycles. The van der Waals surface area contributed by atoms with Crippen molar-refractivity contribution in [2.24, 2.45) is 5.73 Å². The number of carboxylic acid groups (broad SMARTS) is 1. The zero-order valence-corrected chi connectivity index (χ0v) is 13.9. The van der Waals surface area contributed by atoms with E-state index in [-0.39, 0.29) is 6.42 Å². The fourth-order valence-electron chi connectivity index (χ4n) is 2.95. The summed E-state index contributed by atoms with van der Waals surface area (Å²) < 4.78 is 14.6. The molecule has 0 spiro atoms. The molecule has 2 aromatic rings. The molecule has 0 amide bonds. The third-order valence-electron chi connectivity index (χ3n) is 4.20. The first-order valence-corrected chi connectivity index (χ1v) is 7.57. The first-order chi connectivity index (χ1) is 10.7. The summed E-state index contributed by atoms with van der Waals surface area (Å²) in [6, 6.07) is 7.06. The molecule has 122 valence electrons. The van der Waals surface area contributed by atoms with Gasteiger partial charge >= 0.3 is 5.97 Å². The van der Waals surface area contributed by atoms with Crippen molar-refractivity contribution in [2.75, 3.05) is 0 Å². The Labute approximate surface area is 136 Å². The van der Waals surface area contributed by atoms with Crippen molar-refractivity contribution in [3.63, 3.8) is 0 Å². The molecule has 0 radical (unpaired) electrons. The van der Waals surface area contributed by atoms with Crippen LogP contribution in [0.15, 0.2) is 24.3 Å². The minimum atomic E-state index is -1.04. The maximum atomic E-state index is 14.6. The van der Waals surface area contributed by atoms with Crippen molar-refractivity contribution in [1.82, 2.24) is 0 Å². The molecule has 0 saturated carbocycles. The van der Waals surface area contributed by atoms with Gasteiger partial charge in [-0.1, -0.05) is 23.8 Å². The van der Waals surface area contributed by atoms with Gasteiger partial charge in [-0.15, -0.1) is 0 Å². The maximum absolute atomic E-state index is 14.6. The van der Waals surface area contributed by atoms with Crippen LogP contribution in [0.3, 0.4) is 0 Å². The second-order valence-corrected chi connectivity index (χ2v) is 6.12. The van der Waals surface area contributed by atoms with E-state index in [1.165, 1.54) is 0 Å². The molecular formula is C19H22FNO2. The molecule has 1 unspecified atom stereocenters. The molecule has 1 atom stereocenters. The van der Waals surface area contributed by atoms with Crippen LogP contribution in [-0.2, 0) is 4.79 Å². The van der Waals surface area contributed by atoms with Gasteiger partial charge in [0.2, 0.25) is 0 Å². The standard InChI is InChI=1S/C19H22FNO2/c1-10-5-6-11(2)14(7-10)15-8-12(3)19(20)18(13(15)4)16(21)9-17(22)23/h5-8,16H,9,21H2,1-4H3,(H,22,23). The number of halogens is 1. The van der Waals surface area contributed by atoms with Crippen LogP contribution in [-0.4, -0.2) is 11.1 Å². The Bertz CT molecular complexity index is 768. The minimum absolute atomic E-state index is 0.295. The molecular weight excluding hydrogens is 293 g/mol. The topological polar surface area (TPSA) is 63.3 Å². The number of hydrogen-bond acceptors (Lipinski definition) is 2. The van der Waals surface area contributed by atoms with Gasteiger partial charge < -0.3 is 10.8 Å². The highest BCUT2D eigenvalue weighted by atomic mass is 19.1. The third-order valence-corrected chi connectivity index (χ3v) is 4.20. The Morgan fingerprint density at radius 1 is 1.13 bits per heavy atom. The van der Waals surface area contributed by atoms with E-state index in [9.17, 15) is 9.18 Å². The second-order valence-electron chi connectivity index (χ2n) is 6.12. The van der Waals surface area contributed by atoms with Gasteiger partial charge in [-0.2, -0.15) is 0 Å². The lowest BCUT2D eigenvalue weighted by Crippen LogP contribution is -2.18. The van der Waals surface area contributed by atoms with Gasteiger partial charge in [0, 0.05) is 11.6 Å². The normalized spacial score (nSPS) is 12.3. The van der Waals surface area contributed by atoms with Crippen LogP contribution in [0.4, 0.5) is 4.39 Å². The molecule has 2 rings (SSSR count). The van der Waals surface area contributed by atoms with Crippen LogP contribution in [0.2, 0.25) is 0 Å². The third kappa shape index (κ3) is 3.42. The summed E-state index contributed by atoms with van der Waals surface area (Å²) in [5, 5.41) is 8.96. The van der Waals surface area contributed by atoms with E-state index in [0.717, 1.165) is 22.3 Å². The smallest absolute Gasteiger partial charge is 0.305 e. The monoisotopic (exact) mass is 315 g/mol. The first kappa shape index (κ1) is 17.2. The van der Waals surface area contributed by atoms with Crippen LogP contribution in [0.25, 0.3) is 11.1 Å². The number of aryl methyl sites for hydroxylation is 3. The second kappa shape index (κ2) is 6.50. The molecule has 0 fully saturated rings. The summed E-state index contributed by atoms with van der Waals surface area (Å²) in [6.07, 6.45) is -0.298. The summed E-state index contributed by atoms with van der Waals surface area (Å²) in [4.78, 5) is 10.9. The van der Waals surface area contributed by atoms with Gasteiger partial charge in [-0.05, 0) is 61.6 Å². The predicted octanol–water partition coefficient (Wildman–Crippen LogP) is 4.20. The van der Waals surface area contributed by atoms with Crippen LogP contribution >= 0.6 is 0 Å². The Morgan fingerprint density at radius 3 is 2.39 bits per heavy atom. The maximum Gasteiger partial charge on any atom is 0.305 e. The number of hydrogen-bond donors (Lipinski definition) is 2. The van der Waals surface area contributed by atoms with Crippen LogP contribution < -0.4 is 5.73 Å². The molecule has 3 nitrogen and oxygen atoms in total. The molecule has 0 aliphatic heterocycles. The lowest BCUT2D eigenvalue weighted by Gasteiger charge is -2.20. The Balaban J connectivity index is 2.69. The Kier molecular flexibility index (Phi) is 4.85. The average molecular weight is 315 g/mol. The lowest BCUT2D eigenvalue weighted by atomic mass is 9.87. The summed E-state index contributed by atoms with van der Waals surface area (Å²) in [5.74, 6) is -1.45. The van der Waals surface area contributed by atoms with Crippen molar-refractivity contribution in [3.05, 3.63) is 57.9 Å². The largest absolute Gasteiger partial charge is 0.481 e. The summed E-state index contributed by atoms with van der Waals surface area (Å²) in [5.41, 5.74) is 11.6. The summed E-state index contributed by atoms with van der Waals surface area (Å²) in [7, 11) is 0. The van der Waals surface area contributed by atoms with E-state index < -0.39 is 17.8 Å². The quantitative estimate of drug-likeness (QED) is 0.888. The molecule has 0 bridgehead atoms. The van der Waals surface area contributed by atoms with Gasteiger partial charge in [-0.3, -0.25) is 4.79 Å². The van der Waals surface area contributed by atoms with Crippen molar-refractivity contribution < 1.29 is 14.3 Å². The van der Waals surface area contributed by atoms with E-state index in [1.54, 1.807) is 13.8 Å². The Morgan fingerprint density at radius 2 is 1.78 bits per heavy atom.